The van der Waals surface area contributed by atoms with Crippen LogP contribution in [0.15, 0.2) is 64.2 Å². The number of ketones is 1. The van der Waals surface area contributed by atoms with E-state index >= 15 is 0 Å². The van der Waals surface area contributed by atoms with Gasteiger partial charge in [0.25, 0.3) is 0 Å². The molecule has 1 amide bonds. The van der Waals surface area contributed by atoms with Crippen LogP contribution in [0.5, 0.6) is 5.88 Å². The second-order valence-corrected chi connectivity index (χ2v) is 12.0. The van der Waals surface area contributed by atoms with Crippen molar-refractivity contribution in [1.82, 2.24) is 10.3 Å². The Kier molecular flexibility index (Phi) is 9.49. The highest BCUT2D eigenvalue weighted by Crippen LogP contribution is 2.37. The summed E-state index contributed by atoms with van der Waals surface area (Å²) >= 11 is 9.20. The minimum atomic E-state index is -1.15. The highest BCUT2D eigenvalue weighted by atomic mass is 35.5. The summed E-state index contributed by atoms with van der Waals surface area (Å²) in [6.45, 7) is 6.52. The number of halogens is 1. The van der Waals surface area contributed by atoms with Crippen LogP contribution in [0.4, 0.5) is 0 Å². The molecule has 0 radical (unpaired) electrons. The number of benzene rings is 1. The van der Waals surface area contributed by atoms with Crippen LogP contribution in [-0.4, -0.2) is 47.5 Å². The number of hydrogen-bond donors (Lipinski definition) is 1. The maximum atomic E-state index is 13.6. The molecule has 1 N–H and O–H groups in total. The van der Waals surface area contributed by atoms with Crippen molar-refractivity contribution in [1.29, 1.82) is 0 Å². The van der Waals surface area contributed by atoms with Crippen LogP contribution in [0.2, 0.25) is 5.02 Å². The normalized spacial score (nSPS) is 18.9. The predicted molar refractivity (Wildman–Crippen MR) is 150 cm³/mol. The van der Waals surface area contributed by atoms with E-state index in [9.17, 15) is 9.59 Å². The minimum Gasteiger partial charge on any atom is -0.478 e. The van der Waals surface area contributed by atoms with Gasteiger partial charge in [0.1, 0.15) is 11.3 Å². The summed E-state index contributed by atoms with van der Waals surface area (Å²) in [5.41, 5.74) is 0.145. The lowest BCUT2D eigenvalue weighted by Gasteiger charge is -2.33. The number of Topliss-reactive ketones (excluding diaryl/α,β-unsaturated/α-hetero) is 1. The van der Waals surface area contributed by atoms with Gasteiger partial charge in [-0.05, 0) is 61.4 Å². The first-order valence-electron chi connectivity index (χ1n) is 12.3. The molecule has 1 aromatic carbocycles. The predicted octanol–water partition coefficient (Wildman–Crippen LogP) is 5.85. The zero-order valence-electron chi connectivity index (χ0n) is 21.5. The molecule has 1 aliphatic rings. The van der Waals surface area contributed by atoms with Crippen molar-refractivity contribution in [2.75, 3.05) is 13.2 Å². The number of thiophene rings is 1. The van der Waals surface area contributed by atoms with Gasteiger partial charge in [0.05, 0.1) is 35.3 Å². The number of aromatic nitrogens is 1. The Hall–Kier alpha value is -2.43. The molecule has 1 fully saturated rings. The lowest BCUT2D eigenvalue weighted by atomic mass is 9.82. The molecular formula is C28H31ClN2O5S2. The molecule has 202 valence electrons. The monoisotopic (exact) mass is 574 g/mol. The molecular weight excluding hydrogens is 544 g/mol. The summed E-state index contributed by atoms with van der Waals surface area (Å²) in [7, 11) is 0. The van der Waals surface area contributed by atoms with E-state index in [1.54, 1.807) is 18.2 Å². The molecule has 0 saturated carbocycles. The van der Waals surface area contributed by atoms with Crippen LogP contribution >= 0.6 is 34.7 Å². The third-order valence-electron chi connectivity index (χ3n) is 6.27. The van der Waals surface area contributed by atoms with Crippen LogP contribution in [0.3, 0.4) is 0 Å². The van der Waals surface area contributed by atoms with E-state index in [1.807, 2.05) is 61.9 Å². The van der Waals surface area contributed by atoms with Gasteiger partial charge in [-0.25, -0.2) is 4.98 Å². The van der Waals surface area contributed by atoms with Gasteiger partial charge >= 0.3 is 0 Å². The number of hydrogen-bond acceptors (Lipinski definition) is 8. The molecule has 3 unspecified atom stereocenters. The first kappa shape index (κ1) is 28.6. The summed E-state index contributed by atoms with van der Waals surface area (Å²) in [5, 5.41) is 6.95. The van der Waals surface area contributed by atoms with Crippen LogP contribution in [0, 0.1) is 0 Å². The number of thioether (sulfide) groups is 1. The lowest BCUT2D eigenvalue weighted by Crippen LogP contribution is -2.46. The molecule has 1 aliphatic heterocycles. The van der Waals surface area contributed by atoms with Gasteiger partial charge in [-0.1, -0.05) is 29.8 Å². The van der Waals surface area contributed by atoms with Crippen molar-refractivity contribution >= 4 is 46.9 Å². The van der Waals surface area contributed by atoms with Gasteiger partial charge < -0.3 is 19.5 Å². The molecule has 38 heavy (non-hydrogen) atoms. The molecule has 2 aromatic heterocycles. The van der Waals surface area contributed by atoms with Gasteiger partial charge in [0.15, 0.2) is 5.79 Å². The minimum absolute atomic E-state index is 0.0138. The highest BCUT2D eigenvalue weighted by Gasteiger charge is 2.40. The van der Waals surface area contributed by atoms with E-state index in [4.69, 9.17) is 30.8 Å². The summed E-state index contributed by atoms with van der Waals surface area (Å²) < 4.78 is 17.4. The molecule has 0 bridgehead atoms. The number of carbonyl (C=O) groups excluding carboxylic acids is 2. The first-order chi connectivity index (χ1) is 18.2. The van der Waals surface area contributed by atoms with Crippen molar-refractivity contribution in [2.24, 2.45) is 0 Å². The Balaban J connectivity index is 1.54. The second kappa shape index (κ2) is 12.6. The summed E-state index contributed by atoms with van der Waals surface area (Å²) in [4.78, 5) is 31.0. The van der Waals surface area contributed by atoms with Crippen LogP contribution in [0.25, 0.3) is 0 Å². The van der Waals surface area contributed by atoms with Gasteiger partial charge in [0, 0.05) is 23.8 Å². The van der Waals surface area contributed by atoms with E-state index < -0.39 is 16.6 Å². The quantitative estimate of drug-likeness (QED) is 0.202. The fourth-order valence-corrected chi connectivity index (χ4v) is 6.22. The van der Waals surface area contributed by atoms with Gasteiger partial charge in [0.2, 0.25) is 12.3 Å². The van der Waals surface area contributed by atoms with Crippen LogP contribution in [-0.2, 0) is 24.6 Å². The molecule has 3 heterocycles. The van der Waals surface area contributed by atoms with E-state index in [0.29, 0.717) is 42.6 Å². The van der Waals surface area contributed by atoms with Crippen molar-refractivity contribution in [3.63, 3.8) is 0 Å². The Labute approximate surface area is 236 Å². The summed E-state index contributed by atoms with van der Waals surface area (Å²) in [6.07, 6.45) is 1.22. The number of pyridine rings is 1. The average Bonchev–Trinajstić information content (AvgIpc) is 3.55. The first-order valence-corrected chi connectivity index (χ1v) is 14.5. The second-order valence-electron chi connectivity index (χ2n) is 9.46. The van der Waals surface area contributed by atoms with Crippen molar-refractivity contribution in [3.05, 3.63) is 75.6 Å². The molecule has 10 heteroatoms. The van der Waals surface area contributed by atoms with Gasteiger partial charge in [-0.2, -0.15) is 11.3 Å². The number of rotatable bonds is 13. The van der Waals surface area contributed by atoms with E-state index in [1.165, 1.54) is 23.1 Å². The number of amides is 1. The van der Waals surface area contributed by atoms with Gasteiger partial charge in [-0.15, -0.1) is 11.8 Å². The SMILES string of the molecule is CC(Sc1ccccc1Cl)C(=O)CC(NC=O)(c1ccsc1)c1cccc(OCCC2COC(C)(C)O2)n1. The third-order valence-corrected chi connectivity index (χ3v) is 8.62. The van der Waals surface area contributed by atoms with E-state index in [0.717, 1.165) is 10.5 Å². The van der Waals surface area contributed by atoms with Crippen molar-refractivity contribution < 1.29 is 23.8 Å². The third kappa shape index (κ3) is 6.95. The standard InChI is InChI=1S/C28H31ClN2O5S2/c1-19(38-24-8-5-4-7-22(24)29)23(33)15-28(30-18-32,20-12-14-37-17-20)25-9-6-10-26(31-25)34-13-11-21-16-35-27(2,3)36-21/h4-10,12,14,17-19,21H,11,13,15-16H2,1-3H3,(H,30,32). The van der Waals surface area contributed by atoms with Crippen LogP contribution < -0.4 is 10.1 Å². The average molecular weight is 575 g/mol. The van der Waals surface area contributed by atoms with Crippen molar-refractivity contribution in [3.8, 4) is 5.88 Å². The lowest BCUT2D eigenvalue weighted by molar-refractivity contribution is -0.139. The largest absolute Gasteiger partial charge is 0.478 e. The van der Waals surface area contributed by atoms with Crippen molar-refractivity contribution in [2.45, 2.75) is 61.2 Å². The Morgan fingerprint density at radius 2 is 2.13 bits per heavy atom. The maximum Gasteiger partial charge on any atom is 0.213 e. The zero-order valence-corrected chi connectivity index (χ0v) is 23.9. The fourth-order valence-electron chi connectivity index (χ4n) is 4.29. The van der Waals surface area contributed by atoms with Crippen LogP contribution in [0.1, 0.15) is 44.9 Å². The molecule has 0 spiro atoms. The molecule has 0 aliphatic carbocycles. The number of carbonyl (C=O) groups is 2. The Morgan fingerprint density at radius 1 is 1.32 bits per heavy atom. The highest BCUT2D eigenvalue weighted by molar-refractivity contribution is 8.00. The molecule has 7 nitrogen and oxygen atoms in total. The summed E-state index contributed by atoms with van der Waals surface area (Å²) in [6, 6.07) is 14.7. The number of nitrogens with zero attached hydrogens (tertiary/aromatic N) is 1. The molecule has 3 aromatic rings. The smallest absolute Gasteiger partial charge is 0.213 e. The Bertz CT molecular complexity index is 1240. The molecule has 3 atom stereocenters. The zero-order chi connectivity index (χ0) is 27.2. The fraction of sp³-hybridized carbons (Fsp3) is 0.393. The molecule has 1 saturated heterocycles. The van der Waals surface area contributed by atoms with E-state index in [-0.39, 0.29) is 18.3 Å². The van der Waals surface area contributed by atoms with E-state index in [2.05, 4.69) is 5.32 Å². The number of ether oxygens (including phenoxy) is 3. The molecule has 4 rings (SSSR count). The maximum absolute atomic E-state index is 13.6. The Morgan fingerprint density at radius 3 is 2.82 bits per heavy atom. The topological polar surface area (TPSA) is 86.8 Å². The van der Waals surface area contributed by atoms with Gasteiger partial charge in [-0.3, -0.25) is 9.59 Å². The number of nitrogens with one attached hydrogen (secondary N) is 1. The summed E-state index contributed by atoms with van der Waals surface area (Å²) in [5.74, 6) is -0.236.